The molecule has 10 heteroatoms. The van der Waals surface area contributed by atoms with Crippen molar-refractivity contribution in [3.8, 4) is 22.8 Å². The standard InChI is InChI=1S/C36H42N4O6/c1-25(2)28-21-29(32(45-24-27-11-7-4-8-12-27)22-31(28)44-23-26-9-5-3-6-10-26)36-35(34(39-46-36)30(41)13-15-37)38-33(42)14-16-40-17-19-43-20-18-40/h3-12,21-22,25H,13-20,23-24,37H2,1-2H3,(H,38,42). The lowest BCUT2D eigenvalue weighted by molar-refractivity contribution is -0.116. The number of ketones is 1. The number of morpholine rings is 1. The molecule has 1 amide bonds. The summed E-state index contributed by atoms with van der Waals surface area (Å²) in [5, 5.41) is 7.08. The maximum Gasteiger partial charge on any atom is 0.225 e. The second kappa shape index (κ2) is 16.2. The van der Waals surface area contributed by atoms with Crippen molar-refractivity contribution in [2.75, 3.05) is 44.7 Å². The maximum absolute atomic E-state index is 13.3. The monoisotopic (exact) mass is 626 g/mol. The van der Waals surface area contributed by atoms with E-state index in [0.29, 0.717) is 43.4 Å². The third-order valence-corrected chi connectivity index (χ3v) is 7.80. The molecule has 3 aromatic carbocycles. The van der Waals surface area contributed by atoms with E-state index in [1.807, 2.05) is 72.8 Å². The van der Waals surface area contributed by atoms with E-state index in [4.69, 9.17) is 24.5 Å². The van der Waals surface area contributed by atoms with Gasteiger partial charge in [0, 0.05) is 38.5 Å². The molecular formula is C36H42N4O6. The average molecular weight is 627 g/mol. The fraction of sp³-hybridized carbons (Fsp3) is 0.361. The molecule has 0 radical (unpaired) electrons. The van der Waals surface area contributed by atoms with Gasteiger partial charge < -0.3 is 29.8 Å². The Hall–Kier alpha value is -4.51. The molecule has 5 rings (SSSR count). The van der Waals surface area contributed by atoms with Crippen LogP contribution in [-0.2, 0) is 22.7 Å². The van der Waals surface area contributed by atoms with E-state index in [9.17, 15) is 9.59 Å². The van der Waals surface area contributed by atoms with Gasteiger partial charge in [0.05, 0.1) is 18.8 Å². The van der Waals surface area contributed by atoms with Crippen molar-refractivity contribution in [2.24, 2.45) is 5.73 Å². The Morgan fingerprint density at radius 3 is 2.15 bits per heavy atom. The van der Waals surface area contributed by atoms with Gasteiger partial charge in [-0.1, -0.05) is 79.7 Å². The number of carbonyl (C=O) groups is 2. The molecule has 46 heavy (non-hydrogen) atoms. The van der Waals surface area contributed by atoms with Gasteiger partial charge in [0.15, 0.2) is 17.2 Å². The Kier molecular flexibility index (Phi) is 11.6. The number of anilines is 1. The molecule has 1 aromatic heterocycles. The van der Waals surface area contributed by atoms with Crippen molar-refractivity contribution in [1.29, 1.82) is 0 Å². The molecule has 1 fully saturated rings. The highest BCUT2D eigenvalue weighted by atomic mass is 16.5. The van der Waals surface area contributed by atoms with Crippen LogP contribution in [-0.4, -0.2) is 61.1 Å². The molecule has 10 nitrogen and oxygen atoms in total. The summed E-state index contributed by atoms with van der Waals surface area (Å²) in [5.41, 5.74) is 9.42. The fourth-order valence-corrected chi connectivity index (χ4v) is 5.24. The van der Waals surface area contributed by atoms with E-state index in [-0.39, 0.29) is 60.7 Å². The fourth-order valence-electron chi connectivity index (χ4n) is 5.24. The van der Waals surface area contributed by atoms with Gasteiger partial charge in [0.25, 0.3) is 0 Å². The Morgan fingerprint density at radius 2 is 1.54 bits per heavy atom. The van der Waals surface area contributed by atoms with E-state index < -0.39 is 0 Å². The van der Waals surface area contributed by atoms with E-state index >= 15 is 0 Å². The van der Waals surface area contributed by atoms with E-state index in [1.165, 1.54) is 0 Å². The smallest absolute Gasteiger partial charge is 0.225 e. The summed E-state index contributed by atoms with van der Waals surface area (Å²) >= 11 is 0. The summed E-state index contributed by atoms with van der Waals surface area (Å²) < 4.78 is 24.0. The molecule has 242 valence electrons. The van der Waals surface area contributed by atoms with Crippen LogP contribution in [0.2, 0.25) is 0 Å². The quantitative estimate of drug-likeness (QED) is 0.157. The maximum atomic E-state index is 13.3. The topological polar surface area (TPSA) is 129 Å². The molecule has 0 aliphatic carbocycles. The lowest BCUT2D eigenvalue weighted by Crippen LogP contribution is -2.38. The van der Waals surface area contributed by atoms with Gasteiger partial charge >= 0.3 is 0 Å². The number of benzene rings is 3. The molecule has 1 aliphatic rings. The van der Waals surface area contributed by atoms with Gasteiger partial charge in [-0.25, -0.2) is 0 Å². The zero-order valence-corrected chi connectivity index (χ0v) is 26.5. The number of carbonyl (C=O) groups excluding carboxylic acids is 2. The van der Waals surface area contributed by atoms with Gasteiger partial charge in [0.1, 0.15) is 30.4 Å². The predicted molar refractivity (Wildman–Crippen MR) is 176 cm³/mol. The molecule has 0 atom stereocenters. The Bertz CT molecular complexity index is 1580. The second-order valence-electron chi connectivity index (χ2n) is 11.5. The molecule has 2 heterocycles. The number of rotatable bonds is 15. The first-order chi connectivity index (χ1) is 22.4. The van der Waals surface area contributed by atoms with Crippen LogP contribution in [0.25, 0.3) is 11.3 Å². The van der Waals surface area contributed by atoms with Crippen molar-refractivity contribution in [1.82, 2.24) is 10.1 Å². The molecule has 3 N–H and O–H groups in total. The molecule has 0 bridgehead atoms. The molecule has 1 aliphatic heterocycles. The molecule has 1 saturated heterocycles. The van der Waals surface area contributed by atoms with Crippen LogP contribution in [0, 0.1) is 0 Å². The number of hydrogen-bond donors (Lipinski definition) is 2. The third kappa shape index (κ3) is 8.60. The number of nitrogens with one attached hydrogen (secondary N) is 1. The number of nitrogens with zero attached hydrogens (tertiary/aromatic N) is 2. The van der Waals surface area contributed by atoms with Crippen LogP contribution in [0.5, 0.6) is 11.5 Å². The first-order valence-electron chi connectivity index (χ1n) is 15.8. The van der Waals surface area contributed by atoms with Gasteiger partial charge in [-0.2, -0.15) is 0 Å². The highest BCUT2D eigenvalue weighted by Gasteiger charge is 2.28. The van der Waals surface area contributed by atoms with Crippen molar-refractivity contribution >= 4 is 17.4 Å². The minimum Gasteiger partial charge on any atom is -0.488 e. The number of ether oxygens (including phenoxy) is 3. The zero-order chi connectivity index (χ0) is 32.3. The van der Waals surface area contributed by atoms with Crippen molar-refractivity contribution in [3.05, 3.63) is 95.2 Å². The highest BCUT2D eigenvalue weighted by molar-refractivity contribution is 6.06. The number of amides is 1. The first-order valence-corrected chi connectivity index (χ1v) is 15.8. The van der Waals surface area contributed by atoms with Crippen LogP contribution in [0.15, 0.2) is 77.3 Å². The summed E-state index contributed by atoms with van der Waals surface area (Å²) in [6.45, 7) is 8.34. The predicted octanol–water partition coefficient (Wildman–Crippen LogP) is 5.82. The second-order valence-corrected chi connectivity index (χ2v) is 11.5. The Labute approximate surface area is 269 Å². The largest absolute Gasteiger partial charge is 0.488 e. The summed E-state index contributed by atoms with van der Waals surface area (Å²) in [4.78, 5) is 28.6. The van der Waals surface area contributed by atoms with Gasteiger partial charge in [0.2, 0.25) is 5.91 Å². The minimum atomic E-state index is -0.320. The normalized spacial score (nSPS) is 13.5. The van der Waals surface area contributed by atoms with Crippen molar-refractivity contribution < 1.29 is 28.3 Å². The summed E-state index contributed by atoms with van der Waals surface area (Å²) in [5.74, 6) is 0.867. The van der Waals surface area contributed by atoms with Crippen LogP contribution in [0.1, 0.15) is 59.8 Å². The molecular weight excluding hydrogens is 584 g/mol. The number of nitrogens with two attached hydrogens (primary N) is 1. The van der Waals surface area contributed by atoms with E-state index in [2.05, 4.69) is 29.2 Å². The number of aromatic nitrogens is 1. The summed E-state index contributed by atoms with van der Waals surface area (Å²) in [6, 6.07) is 23.5. The van der Waals surface area contributed by atoms with Gasteiger partial charge in [-0.15, -0.1) is 0 Å². The van der Waals surface area contributed by atoms with E-state index in [0.717, 1.165) is 29.8 Å². The van der Waals surface area contributed by atoms with Crippen LogP contribution in [0.4, 0.5) is 5.69 Å². The lowest BCUT2D eigenvalue weighted by atomic mass is 9.96. The summed E-state index contributed by atoms with van der Waals surface area (Å²) in [6.07, 6.45) is 0.291. The lowest BCUT2D eigenvalue weighted by Gasteiger charge is -2.26. The third-order valence-electron chi connectivity index (χ3n) is 7.80. The van der Waals surface area contributed by atoms with Crippen molar-refractivity contribution in [3.63, 3.8) is 0 Å². The number of Topliss-reactive ketones (excluding diaryl/α,β-unsaturated/α-hetero) is 1. The van der Waals surface area contributed by atoms with Crippen LogP contribution in [0.3, 0.4) is 0 Å². The number of hydrogen-bond acceptors (Lipinski definition) is 9. The van der Waals surface area contributed by atoms with Gasteiger partial charge in [-0.05, 0) is 35.2 Å². The first kappa shape index (κ1) is 32.9. The average Bonchev–Trinajstić information content (AvgIpc) is 3.49. The van der Waals surface area contributed by atoms with Crippen LogP contribution >= 0.6 is 0 Å². The van der Waals surface area contributed by atoms with Crippen molar-refractivity contribution in [2.45, 2.75) is 45.8 Å². The van der Waals surface area contributed by atoms with E-state index in [1.54, 1.807) is 0 Å². The SMILES string of the molecule is CC(C)c1cc(-c2onc(C(=O)CCN)c2NC(=O)CCN2CCOCC2)c(OCc2ccccc2)cc1OCc1ccccc1. The Balaban J connectivity index is 1.52. The van der Waals surface area contributed by atoms with Gasteiger partial charge in [-0.3, -0.25) is 14.5 Å². The van der Waals surface area contributed by atoms with Crippen LogP contribution < -0.4 is 20.5 Å². The summed E-state index contributed by atoms with van der Waals surface area (Å²) in [7, 11) is 0. The molecule has 4 aromatic rings. The molecule has 0 spiro atoms. The zero-order valence-electron chi connectivity index (χ0n) is 26.5. The minimum absolute atomic E-state index is 0.0321. The highest BCUT2D eigenvalue weighted by Crippen LogP contribution is 2.43. The molecule has 0 saturated carbocycles. The molecule has 0 unspecified atom stereocenters. The Morgan fingerprint density at radius 1 is 0.913 bits per heavy atom.